The van der Waals surface area contributed by atoms with E-state index in [1.165, 1.54) is 11.1 Å². The molecule has 2 aromatic rings. The molecule has 2 heterocycles. The summed E-state index contributed by atoms with van der Waals surface area (Å²) in [4.78, 5) is 0. The summed E-state index contributed by atoms with van der Waals surface area (Å²) in [5.74, 6) is 0. The van der Waals surface area contributed by atoms with Crippen molar-refractivity contribution in [1.29, 1.82) is 0 Å². The molecule has 0 saturated carbocycles. The summed E-state index contributed by atoms with van der Waals surface area (Å²) in [5.41, 5.74) is 4.76. The molecule has 0 bridgehead atoms. The molecule has 110 valence electrons. The van der Waals surface area contributed by atoms with Crippen molar-refractivity contribution in [2.75, 3.05) is 6.54 Å². The van der Waals surface area contributed by atoms with Gasteiger partial charge in [0.1, 0.15) is 0 Å². The van der Waals surface area contributed by atoms with E-state index in [4.69, 9.17) is 11.6 Å². The minimum atomic E-state index is 0.296. The van der Waals surface area contributed by atoms with Gasteiger partial charge in [0.05, 0.1) is 16.4 Å². The van der Waals surface area contributed by atoms with Gasteiger partial charge in [-0.05, 0) is 49.2 Å². The third kappa shape index (κ3) is 3.08. The highest BCUT2D eigenvalue weighted by Crippen LogP contribution is 2.29. The first-order valence-corrected chi connectivity index (χ1v) is 8.38. The largest absolute Gasteiger partial charge is 0.310 e. The van der Waals surface area contributed by atoms with Gasteiger partial charge in [-0.15, -0.1) is 0 Å². The molecule has 0 spiro atoms. The Kier molecular flexibility index (Phi) is 5.24. The van der Waals surface area contributed by atoms with Gasteiger partial charge in [-0.2, -0.15) is 16.4 Å². The number of aromatic nitrogens is 2. The third-order valence-corrected chi connectivity index (χ3v) is 4.94. The maximum atomic E-state index is 6.43. The van der Waals surface area contributed by atoms with E-state index in [0.29, 0.717) is 6.04 Å². The normalized spacial score (nSPS) is 12.8. The molecule has 1 atom stereocenters. The highest BCUT2D eigenvalue weighted by molar-refractivity contribution is 7.08. The molecular formula is C15H22ClN3S. The highest BCUT2D eigenvalue weighted by atomic mass is 35.5. The molecule has 1 unspecified atom stereocenters. The van der Waals surface area contributed by atoms with Gasteiger partial charge in [0, 0.05) is 19.0 Å². The van der Waals surface area contributed by atoms with Crippen LogP contribution in [0.25, 0.3) is 0 Å². The molecular weight excluding hydrogens is 290 g/mol. The molecule has 0 aromatic carbocycles. The van der Waals surface area contributed by atoms with E-state index in [1.54, 1.807) is 11.3 Å². The first-order valence-electron chi connectivity index (χ1n) is 7.06. The fraction of sp³-hybridized carbons (Fsp3) is 0.533. The van der Waals surface area contributed by atoms with Crippen molar-refractivity contribution in [3.8, 4) is 0 Å². The number of thiophene rings is 1. The Hall–Kier alpha value is -0.840. The fourth-order valence-electron chi connectivity index (χ4n) is 2.52. The molecule has 20 heavy (non-hydrogen) atoms. The number of rotatable bonds is 6. The van der Waals surface area contributed by atoms with Gasteiger partial charge in [-0.1, -0.05) is 18.5 Å². The zero-order chi connectivity index (χ0) is 14.7. The fourth-order valence-corrected chi connectivity index (χ4v) is 3.64. The molecule has 0 aliphatic heterocycles. The van der Waals surface area contributed by atoms with Crippen LogP contribution >= 0.6 is 22.9 Å². The lowest BCUT2D eigenvalue weighted by Gasteiger charge is -2.19. The highest BCUT2D eigenvalue weighted by Gasteiger charge is 2.20. The smallest absolute Gasteiger partial charge is 0.0847 e. The molecule has 2 rings (SSSR count). The Morgan fingerprint density at radius 1 is 1.35 bits per heavy atom. The molecule has 0 aliphatic rings. The lowest BCUT2D eigenvalue weighted by Crippen LogP contribution is -2.24. The van der Waals surface area contributed by atoms with E-state index in [9.17, 15) is 0 Å². The molecule has 2 aromatic heterocycles. The van der Waals surface area contributed by atoms with Crippen LogP contribution < -0.4 is 5.32 Å². The second-order valence-corrected chi connectivity index (χ2v) is 6.11. The summed E-state index contributed by atoms with van der Waals surface area (Å²) in [7, 11) is 0. The maximum Gasteiger partial charge on any atom is 0.0847 e. The molecule has 0 fully saturated rings. The van der Waals surface area contributed by atoms with Crippen molar-refractivity contribution in [3.63, 3.8) is 0 Å². The van der Waals surface area contributed by atoms with Crippen LogP contribution in [0.5, 0.6) is 0 Å². The second kappa shape index (κ2) is 6.74. The van der Waals surface area contributed by atoms with E-state index in [0.717, 1.165) is 35.9 Å². The Labute approximate surface area is 130 Å². The van der Waals surface area contributed by atoms with Crippen molar-refractivity contribution in [1.82, 2.24) is 15.1 Å². The summed E-state index contributed by atoms with van der Waals surface area (Å²) in [5, 5.41) is 13.3. The van der Waals surface area contributed by atoms with E-state index in [-0.39, 0.29) is 0 Å². The molecule has 0 radical (unpaired) electrons. The minimum absolute atomic E-state index is 0.296. The van der Waals surface area contributed by atoms with Crippen LogP contribution in [0.3, 0.4) is 0 Å². The molecule has 5 heteroatoms. The number of nitrogens with one attached hydrogen (secondary N) is 1. The van der Waals surface area contributed by atoms with Crippen LogP contribution in [0.2, 0.25) is 5.02 Å². The number of aryl methyl sites for hydroxylation is 3. The molecule has 0 amide bonds. The van der Waals surface area contributed by atoms with Crippen LogP contribution in [0, 0.1) is 13.8 Å². The van der Waals surface area contributed by atoms with Gasteiger partial charge < -0.3 is 5.32 Å². The first-order chi connectivity index (χ1) is 9.58. The van der Waals surface area contributed by atoms with Crippen molar-refractivity contribution in [3.05, 3.63) is 38.3 Å². The molecule has 0 saturated heterocycles. The van der Waals surface area contributed by atoms with E-state index < -0.39 is 0 Å². The lowest BCUT2D eigenvalue weighted by molar-refractivity contribution is 0.515. The van der Waals surface area contributed by atoms with Gasteiger partial charge in [0.25, 0.3) is 0 Å². The predicted molar refractivity (Wildman–Crippen MR) is 86.8 cm³/mol. The van der Waals surface area contributed by atoms with Gasteiger partial charge in [0.15, 0.2) is 0 Å². The Bertz CT molecular complexity index is 574. The Balaban J connectivity index is 2.31. The van der Waals surface area contributed by atoms with Crippen LogP contribution in [-0.4, -0.2) is 16.3 Å². The first kappa shape index (κ1) is 15.5. The van der Waals surface area contributed by atoms with Crippen molar-refractivity contribution in [2.45, 2.75) is 46.7 Å². The maximum absolute atomic E-state index is 6.43. The quantitative estimate of drug-likeness (QED) is 0.869. The van der Waals surface area contributed by atoms with Crippen LogP contribution in [0.4, 0.5) is 0 Å². The summed E-state index contributed by atoms with van der Waals surface area (Å²) in [6, 6.07) is 0.296. The summed E-state index contributed by atoms with van der Waals surface area (Å²) >= 11 is 8.18. The van der Waals surface area contributed by atoms with Crippen LogP contribution in [-0.2, 0) is 13.0 Å². The van der Waals surface area contributed by atoms with Crippen LogP contribution in [0.15, 0.2) is 10.8 Å². The summed E-state index contributed by atoms with van der Waals surface area (Å²) in [6.45, 7) is 10.2. The summed E-state index contributed by atoms with van der Waals surface area (Å²) in [6.07, 6.45) is 0.874. The molecule has 0 aliphatic carbocycles. The molecule has 3 nitrogen and oxygen atoms in total. The Morgan fingerprint density at radius 3 is 2.65 bits per heavy atom. The third-order valence-electron chi connectivity index (χ3n) is 3.57. The van der Waals surface area contributed by atoms with Crippen molar-refractivity contribution >= 4 is 22.9 Å². The number of halogens is 1. The zero-order valence-corrected chi connectivity index (χ0v) is 14.1. The number of hydrogen-bond acceptors (Lipinski definition) is 3. The zero-order valence-electron chi connectivity index (χ0n) is 12.5. The standard InChI is InChI=1S/C15H22ClN3S/c1-5-17-13(12-9-20-8-10(12)3)7-14-15(16)11(4)18-19(14)6-2/h8-9,13,17H,5-7H2,1-4H3. The molecule has 1 N–H and O–H groups in total. The Morgan fingerprint density at radius 2 is 2.10 bits per heavy atom. The summed E-state index contributed by atoms with van der Waals surface area (Å²) < 4.78 is 2.02. The van der Waals surface area contributed by atoms with Crippen molar-refractivity contribution < 1.29 is 0 Å². The van der Waals surface area contributed by atoms with E-state index in [2.05, 4.69) is 41.9 Å². The van der Waals surface area contributed by atoms with Crippen LogP contribution in [0.1, 0.15) is 42.4 Å². The van der Waals surface area contributed by atoms with Gasteiger partial charge in [-0.25, -0.2) is 0 Å². The van der Waals surface area contributed by atoms with Crippen molar-refractivity contribution in [2.24, 2.45) is 0 Å². The van der Waals surface area contributed by atoms with E-state index in [1.807, 2.05) is 11.6 Å². The number of hydrogen-bond donors (Lipinski definition) is 1. The van der Waals surface area contributed by atoms with E-state index >= 15 is 0 Å². The SMILES string of the molecule is CCNC(Cc1c(Cl)c(C)nn1CC)c1cscc1C. The average Bonchev–Trinajstić information content (AvgIpc) is 2.96. The second-order valence-electron chi connectivity index (χ2n) is 4.99. The number of likely N-dealkylation sites (N-methyl/N-ethyl adjacent to an activating group) is 1. The monoisotopic (exact) mass is 311 g/mol. The lowest BCUT2D eigenvalue weighted by atomic mass is 10.0. The van der Waals surface area contributed by atoms with Gasteiger partial charge in [-0.3, -0.25) is 4.68 Å². The van der Waals surface area contributed by atoms with Gasteiger partial charge >= 0.3 is 0 Å². The average molecular weight is 312 g/mol. The minimum Gasteiger partial charge on any atom is -0.310 e. The number of nitrogens with zero attached hydrogens (tertiary/aromatic N) is 2. The van der Waals surface area contributed by atoms with Gasteiger partial charge in [0.2, 0.25) is 0 Å². The predicted octanol–water partition coefficient (Wildman–Crippen LogP) is 4.13. The topological polar surface area (TPSA) is 29.9 Å².